The average molecular weight is 291 g/mol. The Labute approximate surface area is 128 Å². The number of nitrogens with zero attached hydrogens (tertiary/aromatic N) is 1. The van der Waals surface area contributed by atoms with Crippen LogP contribution in [-0.4, -0.2) is 36.3 Å². The lowest BCUT2D eigenvalue weighted by Crippen LogP contribution is -2.41. The van der Waals surface area contributed by atoms with E-state index in [1.165, 1.54) is 36.8 Å². The minimum Gasteiger partial charge on any atom is -0.508 e. The molecule has 0 saturated heterocycles. The number of phenols is 1. The zero-order chi connectivity index (χ0) is 15.2. The molecule has 0 heterocycles. The van der Waals surface area contributed by atoms with Crippen LogP contribution in [0.15, 0.2) is 18.2 Å². The van der Waals surface area contributed by atoms with Gasteiger partial charge in [-0.1, -0.05) is 19.9 Å². The highest BCUT2D eigenvalue weighted by atomic mass is 16.5. The summed E-state index contributed by atoms with van der Waals surface area (Å²) < 4.78 is 5.33. The molecule has 21 heavy (non-hydrogen) atoms. The molecule has 118 valence electrons. The first-order valence-corrected chi connectivity index (χ1v) is 8.27. The second-order valence-electron chi connectivity index (χ2n) is 5.99. The van der Waals surface area contributed by atoms with Crippen molar-refractivity contribution in [3.8, 4) is 5.75 Å². The van der Waals surface area contributed by atoms with Gasteiger partial charge in [0, 0.05) is 25.7 Å². The van der Waals surface area contributed by atoms with Gasteiger partial charge in [-0.05, 0) is 55.4 Å². The normalized spacial score (nSPS) is 18.2. The smallest absolute Gasteiger partial charge is 0.115 e. The molecule has 1 aliphatic carbocycles. The molecule has 0 amide bonds. The van der Waals surface area contributed by atoms with Crippen LogP contribution in [0.25, 0.3) is 0 Å². The summed E-state index contributed by atoms with van der Waals surface area (Å²) in [5, 5.41) is 9.72. The number of ether oxygens (including phenoxy) is 1. The summed E-state index contributed by atoms with van der Waals surface area (Å²) in [6, 6.07) is 6.97. The average Bonchev–Trinajstić information content (AvgIpc) is 2.50. The van der Waals surface area contributed by atoms with Crippen molar-refractivity contribution in [2.75, 3.05) is 20.3 Å². The van der Waals surface area contributed by atoms with Gasteiger partial charge in [0.1, 0.15) is 5.75 Å². The summed E-state index contributed by atoms with van der Waals surface area (Å²) in [5.74, 6) is 0.389. The van der Waals surface area contributed by atoms with E-state index in [2.05, 4.69) is 24.8 Å². The van der Waals surface area contributed by atoms with E-state index in [1.807, 2.05) is 12.1 Å². The van der Waals surface area contributed by atoms with Gasteiger partial charge in [0.15, 0.2) is 0 Å². The summed E-state index contributed by atoms with van der Waals surface area (Å²) >= 11 is 0. The zero-order valence-corrected chi connectivity index (χ0v) is 13.6. The van der Waals surface area contributed by atoms with E-state index in [-0.39, 0.29) is 0 Å². The number of fused-ring (bicyclic) bond motifs is 1. The lowest BCUT2D eigenvalue weighted by Gasteiger charge is -2.40. The Hall–Kier alpha value is -1.06. The molecule has 0 bridgehead atoms. The number of rotatable bonds is 7. The number of methoxy groups -OCH3 is 1. The van der Waals surface area contributed by atoms with Gasteiger partial charge < -0.3 is 9.84 Å². The minimum atomic E-state index is 0.389. The van der Waals surface area contributed by atoms with Gasteiger partial charge in [0.25, 0.3) is 0 Å². The molecule has 1 aliphatic rings. The van der Waals surface area contributed by atoms with Crippen molar-refractivity contribution < 1.29 is 9.84 Å². The number of hydrogen-bond acceptors (Lipinski definition) is 3. The molecule has 2 rings (SSSR count). The van der Waals surface area contributed by atoms with Gasteiger partial charge in [-0.3, -0.25) is 4.90 Å². The Morgan fingerprint density at radius 1 is 1.33 bits per heavy atom. The van der Waals surface area contributed by atoms with E-state index < -0.39 is 0 Å². The predicted molar refractivity (Wildman–Crippen MR) is 86.7 cm³/mol. The Bertz CT molecular complexity index is 443. The molecular formula is C18H29NO2. The topological polar surface area (TPSA) is 32.7 Å². The first kappa shape index (κ1) is 16.3. The van der Waals surface area contributed by atoms with Crippen molar-refractivity contribution >= 4 is 0 Å². The summed E-state index contributed by atoms with van der Waals surface area (Å²) in [7, 11) is 1.78. The maximum Gasteiger partial charge on any atom is 0.115 e. The molecule has 0 aromatic heterocycles. The predicted octanol–water partition coefficient (Wildman–Crippen LogP) is 3.91. The molecule has 0 saturated carbocycles. The van der Waals surface area contributed by atoms with Gasteiger partial charge in [-0.25, -0.2) is 0 Å². The Morgan fingerprint density at radius 3 is 2.76 bits per heavy atom. The molecule has 0 radical (unpaired) electrons. The highest BCUT2D eigenvalue weighted by Gasteiger charge is 2.29. The number of aromatic hydroxyl groups is 1. The fraction of sp³-hybridized carbons (Fsp3) is 0.667. The van der Waals surface area contributed by atoms with Gasteiger partial charge in [-0.15, -0.1) is 0 Å². The highest BCUT2D eigenvalue weighted by molar-refractivity contribution is 5.38. The first-order valence-electron chi connectivity index (χ1n) is 8.27. The number of phenolic OH excluding ortho intramolecular Hbond substituents is 1. The quantitative estimate of drug-likeness (QED) is 0.827. The molecule has 0 spiro atoms. The van der Waals surface area contributed by atoms with Crippen molar-refractivity contribution in [3.63, 3.8) is 0 Å². The fourth-order valence-electron chi connectivity index (χ4n) is 3.67. The van der Waals surface area contributed by atoms with E-state index in [0.29, 0.717) is 17.8 Å². The van der Waals surface area contributed by atoms with Crippen LogP contribution >= 0.6 is 0 Å². The van der Waals surface area contributed by atoms with Crippen LogP contribution in [0, 0.1) is 0 Å². The molecule has 1 aromatic rings. The van der Waals surface area contributed by atoms with Crippen LogP contribution < -0.4 is 0 Å². The SMILES string of the molecule is CCC(CC)N(CCOC)C1CCCc2cc(O)ccc21. The van der Waals surface area contributed by atoms with Crippen molar-refractivity contribution in [2.45, 2.75) is 58.0 Å². The number of hydrogen-bond donors (Lipinski definition) is 1. The van der Waals surface area contributed by atoms with Crippen LogP contribution in [0.1, 0.15) is 56.7 Å². The van der Waals surface area contributed by atoms with Crippen LogP contribution in [0.2, 0.25) is 0 Å². The fourth-order valence-corrected chi connectivity index (χ4v) is 3.67. The molecule has 1 atom stereocenters. The number of aryl methyl sites for hydroxylation is 1. The van der Waals surface area contributed by atoms with Crippen LogP contribution in [0.4, 0.5) is 0 Å². The second-order valence-corrected chi connectivity index (χ2v) is 5.99. The summed E-state index contributed by atoms with van der Waals surface area (Å²) in [4.78, 5) is 2.62. The summed E-state index contributed by atoms with van der Waals surface area (Å²) in [5.41, 5.74) is 2.72. The molecule has 3 heteroatoms. The van der Waals surface area contributed by atoms with E-state index in [4.69, 9.17) is 4.74 Å². The van der Waals surface area contributed by atoms with Crippen LogP contribution in [-0.2, 0) is 11.2 Å². The summed E-state index contributed by atoms with van der Waals surface area (Å²) in [6.45, 7) is 6.30. The molecule has 1 N–H and O–H groups in total. The Morgan fingerprint density at radius 2 is 2.10 bits per heavy atom. The molecule has 0 aliphatic heterocycles. The highest BCUT2D eigenvalue weighted by Crippen LogP contribution is 2.37. The molecule has 3 nitrogen and oxygen atoms in total. The van der Waals surface area contributed by atoms with Crippen molar-refractivity contribution in [3.05, 3.63) is 29.3 Å². The van der Waals surface area contributed by atoms with Gasteiger partial charge >= 0.3 is 0 Å². The first-order chi connectivity index (χ1) is 10.2. The molecule has 1 aromatic carbocycles. The van der Waals surface area contributed by atoms with Crippen LogP contribution in [0.5, 0.6) is 5.75 Å². The van der Waals surface area contributed by atoms with E-state index in [1.54, 1.807) is 7.11 Å². The maximum atomic E-state index is 9.72. The minimum absolute atomic E-state index is 0.389. The van der Waals surface area contributed by atoms with Gasteiger partial charge in [0.05, 0.1) is 6.61 Å². The van der Waals surface area contributed by atoms with Gasteiger partial charge in [-0.2, -0.15) is 0 Å². The van der Waals surface area contributed by atoms with Crippen LogP contribution in [0.3, 0.4) is 0 Å². The second kappa shape index (κ2) is 7.81. The third-order valence-corrected chi connectivity index (χ3v) is 4.77. The lowest BCUT2D eigenvalue weighted by molar-refractivity contribution is 0.0715. The molecule has 1 unspecified atom stereocenters. The summed E-state index contributed by atoms with van der Waals surface area (Å²) in [6.07, 6.45) is 5.83. The third-order valence-electron chi connectivity index (χ3n) is 4.77. The standard InChI is InChI=1S/C18H29NO2/c1-4-15(5-2)19(11-12-21-3)18-8-6-7-14-13-16(20)9-10-17(14)18/h9-10,13,15,18,20H,4-8,11-12H2,1-3H3. The molecule has 0 fully saturated rings. The third kappa shape index (κ3) is 3.78. The van der Waals surface area contributed by atoms with E-state index >= 15 is 0 Å². The largest absolute Gasteiger partial charge is 0.508 e. The monoisotopic (exact) mass is 291 g/mol. The van der Waals surface area contributed by atoms with E-state index in [9.17, 15) is 5.11 Å². The van der Waals surface area contributed by atoms with Crippen molar-refractivity contribution in [1.29, 1.82) is 0 Å². The Balaban J connectivity index is 2.28. The zero-order valence-electron chi connectivity index (χ0n) is 13.6. The van der Waals surface area contributed by atoms with E-state index in [0.717, 1.165) is 19.6 Å². The van der Waals surface area contributed by atoms with Gasteiger partial charge in [0.2, 0.25) is 0 Å². The maximum absolute atomic E-state index is 9.72. The lowest BCUT2D eigenvalue weighted by atomic mass is 9.85. The van der Waals surface area contributed by atoms with Crippen molar-refractivity contribution in [2.24, 2.45) is 0 Å². The Kier molecular flexibility index (Phi) is 6.07. The van der Waals surface area contributed by atoms with Crippen molar-refractivity contribution in [1.82, 2.24) is 4.90 Å². The number of benzene rings is 1. The molecular weight excluding hydrogens is 262 g/mol.